The van der Waals surface area contributed by atoms with Crippen LogP contribution in [0.3, 0.4) is 0 Å². The van der Waals surface area contributed by atoms with Crippen molar-refractivity contribution in [2.45, 2.75) is 0 Å². The van der Waals surface area contributed by atoms with Crippen LogP contribution in [0.25, 0.3) is 33.3 Å². The number of benzene rings is 2. The summed E-state index contributed by atoms with van der Waals surface area (Å²) in [6.45, 7) is 0. The Morgan fingerprint density at radius 2 is 2.06 bits per heavy atom. The van der Waals surface area contributed by atoms with E-state index in [1.165, 1.54) is 5.39 Å². The van der Waals surface area contributed by atoms with Crippen LogP contribution >= 0.6 is 0 Å². The van der Waals surface area contributed by atoms with Gasteiger partial charge in [0.15, 0.2) is 0 Å². The number of imidazole rings is 1. The van der Waals surface area contributed by atoms with Gasteiger partial charge in [0, 0.05) is 17.3 Å². The average molecular weight is 232 g/mol. The molecule has 3 heteroatoms. The van der Waals surface area contributed by atoms with E-state index in [1.807, 2.05) is 24.4 Å². The largest absolute Gasteiger partial charge is 0.361 e. The minimum atomic E-state index is 0.890. The number of aromatic nitrogens is 3. The summed E-state index contributed by atoms with van der Waals surface area (Å²) >= 11 is 0. The van der Waals surface area contributed by atoms with Gasteiger partial charge in [0.1, 0.15) is 5.82 Å². The maximum absolute atomic E-state index is 4.57. The maximum atomic E-state index is 4.57. The lowest BCUT2D eigenvalue weighted by atomic mass is 10.1. The maximum Gasteiger partial charge on any atom is 0.138 e. The van der Waals surface area contributed by atoms with Gasteiger partial charge in [0.25, 0.3) is 0 Å². The average Bonchev–Trinajstić information content (AvgIpc) is 3.04. The Hall–Kier alpha value is -2.55. The normalized spacial score (nSPS) is 11.3. The Bertz CT molecular complexity index is 806. The zero-order valence-corrected chi connectivity index (χ0v) is 9.57. The van der Waals surface area contributed by atoms with Crippen LogP contribution in [0.4, 0.5) is 0 Å². The van der Waals surface area contributed by atoms with Gasteiger partial charge in [-0.25, -0.2) is 4.98 Å². The lowest BCUT2D eigenvalue weighted by Gasteiger charge is -1.96. The molecule has 18 heavy (non-hydrogen) atoms. The van der Waals surface area contributed by atoms with E-state index in [4.69, 9.17) is 0 Å². The van der Waals surface area contributed by atoms with Crippen molar-refractivity contribution in [3.63, 3.8) is 0 Å². The second kappa shape index (κ2) is 3.47. The fourth-order valence-electron chi connectivity index (χ4n) is 2.23. The van der Waals surface area contributed by atoms with Crippen LogP contribution < -0.4 is 0 Å². The van der Waals surface area contributed by atoms with E-state index in [2.05, 4.69) is 45.3 Å². The molecule has 0 aliphatic rings. The molecule has 0 amide bonds. The summed E-state index contributed by atoms with van der Waals surface area (Å²) in [4.78, 5) is 11.1. The second-order valence-corrected chi connectivity index (χ2v) is 4.31. The molecule has 2 aromatic heterocycles. The number of nitrogens with zero attached hydrogens (tertiary/aromatic N) is 1. The van der Waals surface area contributed by atoms with Crippen molar-refractivity contribution in [3.05, 3.63) is 54.7 Å². The van der Waals surface area contributed by atoms with E-state index in [1.54, 1.807) is 0 Å². The summed E-state index contributed by atoms with van der Waals surface area (Å²) in [5.41, 5.74) is 4.19. The van der Waals surface area contributed by atoms with Crippen molar-refractivity contribution in [3.8, 4) is 11.4 Å². The van der Waals surface area contributed by atoms with Crippen LogP contribution in [0.1, 0.15) is 0 Å². The highest BCUT2D eigenvalue weighted by molar-refractivity contribution is 5.85. The van der Waals surface area contributed by atoms with Gasteiger partial charge in [-0.05, 0) is 35.7 Å². The third-order valence-corrected chi connectivity index (χ3v) is 3.16. The fourth-order valence-corrected chi connectivity index (χ4v) is 2.23. The first-order valence-corrected chi connectivity index (χ1v) is 5.83. The van der Waals surface area contributed by atoms with Crippen molar-refractivity contribution >= 4 is 21.9 Å². The highest BCUT2D eigenvalue weighted by Crippen LogP contribution is 2.23. The molecule has 0 spiro atoms. The van der Waals surface area contributed by atoms with E-state index in [9.17, 15) is 0 Å². The molecule has 2 heterocycles. The summed E-state index contributed by atoms with van der Waals surface area (Å²) in [6, 6.07) is 17.1. The fraction of sp³-hybridized carbons (Fsp3) is 0. The molecule has 0 saturated carbocycles. The quantitative estimate of drug-likeness (QED) is 0.518. The van der Waals surface area contributed by atoms with Crippen molar-refractivity contribution in [2.24, 2.45) is 0 Å². The second-order valence-electron chi connectivity index (χ2n) is 4.31. The molecule has 0 fully saturated rings. The molecule has 4 rings (SSSR count). The Kier molecular flexibility index (Phi) is 1.83. The van der Waals surface area contributed by atoms with Gasteiger partial charge in [0.2, 0.25) is 0 Å². The van der Waals surface area contributed by atoms with Crippen molar-refractivity contribution in [1.29, 1.82) is 0 Å². The third kappa shape index (κ3) is 1.34. The molecule has 0 bridgehead atoms. The first-order chi connectivity index (χ1) is 8.90. The Labute approximate surface area is 103 Å². The summed E-state index contributed by atoms with van der Waals surface area (Å²) in [6.07, 6.45) is 1.95. The van der Waals surface area contributed by atoms with Crippen LogP contribution in [-0.2, 0) is 0 Å². The number of fused-ring (bicyclic) bond motifs is 2. The predicted molar refractivity (Wildman–Crippen MR) is 72.2 cm³/mol. The summed E-state index contributed by atoms with van der Waals surface area (Å²) in [5, 5.41) is 1.21. The molecular weight excluding hydrogens is 222 g/mol. The van der Waals surface area contributed by atoms with Gasteiger partial charge >= 0.3 is 0 Å². The number of nitrogens with one attached hydrogen (secondary N) is 2. The number of rotatable bonds is 1. The molecule has 0 atom stereocenters. The Morgan fingerprint density at radius 1 is 1.06 bits per heavy atom. The SMILES string of the molecule is [c]1ccc2[nH]c(-c3ccc4cc[nH]c4c3)nc2c1. The molecule has 0 aliphatic carbocycles. The van der Waals surface area contributed by atoms with Crippen molar-refractivity contribution in [2.75, 3.05) is 0 Å². The zero-order chi connectivity index (χ0) is 11.9. The van der Waals surface area contributed by atoms with Crippen LogP contribution in [-0.4, -0.2) is 15.0 Å². The first kappa shape index (κ1) is 9.48. The first-order valence-electron chi connectivity index (χ1n) is 5.83. The highest BCUT2D eigenvalue weighted by atomic mass is 14.9. The van der Waals surface area contributed by atoms with Gasteiger partial charge in [-0.15, -0.1) is 0 Å². The Morgan fingerprint density at radius 3 is 3.00 bits per heavy atom. The highest BCUT2D eigenvalue weighted by Gasteiger charge is 2.05. The standard InChI is InChI=1S/C15H10N3/c1-2-4-13-12(3-1)17-15(18-13)11-6-5-10-7-8-16-14(10)9-11/h1,3-9,16H,(H,17,18). The molecule has 85 valence electrons. The van der Waals surface area contributed by atoms with Gasteiger partial charge in [0.05, 0.1) is 11.0 Å². The molecule has 1 radical (unpaired) electrons. The van der Waals surface area contributed by atoms with E-state index in [0.717, 1.165) is 27.9 Å². The van der Waals surface area contributed by atoms with Crippen LogP contribution in [0.15, 0.2) is 48.7 Å². The van der Waals surface area contributed by atoms with E-state index in [-0.39, 0.29) is 0 Å². The van der Waals surface area contributed by atoms with Crippen molar-refractivity contribution < 1.29 is 0 Å². The van der Waals surface area contributed by atoms with E-state index >= 15 is 0 Å². The molecule has 0 saturated heterocycles. The number of aromatic amines is 2. The lowest BCUT2D eigenvalue weighted by Crippen LogP contribution is -1.80. The Balaban J connectivity index is 1.94. The summed E-state index contributed by atoms with van der Waals surface area (Å²) < 4.78 is 0. The smallest absolute Gasteiger partial charge is 0.138 e. The summed E-state index contributed by atoms with van der Waals surface area (Å²) in [5.74, 6) is 0.890. The molecule has 2 aromatic carbocycles. The third-order valence-electron chi connectivity index (χ3n) is 3.16. The zero-order valence-electron chi connectivity index (χ0n) is 9.57. The number of hydrogen-bond donors (Lipinski definition) is 2. The monoisotopic (exact) mass is 232 g/mol. The summed E-state index contributed by atoms with van der Waals surface area (Å²) in [7, 11) is 0. The van der Waals surface area contributed by atoms with Crippen LogP contribution in [0.5, 0.6) is 0 Å². The van der Waals surface area contributed by atoms with Gasteiger partial charge < -0.3 is 9.97 Å². The molecule has 2 N–H and O–H groups in total. The number of hydrogen-bond acceptors (Lipinski definition) is 1. The lowest BCUT2D eigenvalue weighted by molar-refractivity contribution is 1.34. The molecule has 3 nitrogen and oxygen atoms in total. The van der Waals surface area contributed by atoms with Crippen LogP contribution in [0.2, 0.25) is 0 Å². The van der Waals surface area contributed by atoms with Gasteiger partial charge in [-0.1, -0.05) is 18.2 Å². The van der Waals surface area contributed by atoms with E-state index in [0.29, 0.717) is 0 Å². The molecule has 0 unspecified atom stereocenters. The number of H-pyrrole nitrogens is 2. The molecule has 4 aromatic rings. The van der Waals surface area contributed by atoms with Gasteiger partial charge in [-0.2, -0.15) is 0 Å². The molecular formula is C15H10N3. The minimum Gasteiger partial charge on any atom is -0.361 e. The van der Waals surface area contributed by atoms with Crippen molar-refractivity contribution in [1.82, 2.24) is 15.0 Å². The predicted octanol–water partition coefficient (Wildman–Crippen LogP) is 3.51. The van der Waals surface area contributed by atoms with Gasteiger partial charge in [-0.3, -0.25) is 0 Å². The minimum absolute atomic E-state index is 0.890. The molecule has 0 aliphatic heterocycles. The van der Waals surface area contributed by atoms with Crippen LogP contribution in [0, 0.1) is 6.07 Å². The van der Waals surface area contributed by atoms with E-state index < -0.39 is 0 Å². The topological polar surface area (TPSA) is 44.5 Å².